The van der Waals surface area contributed by atoms with E-state index in [2.05, 4.69) is 31.9 Å². The third-order valence-electron chi connectivity index (χ3n) is 4.55. The maximum absolute atomic E-state index is 14.5. The zero-order chi connectivity index (χ0) is 26.8. The number of ether oxygens (including phenoxy) is 1. The van der Waals surface area contributed by atoms with Crippen molar-refractivity contribution in [3.05, 3.63) is 74.2 Å². The van der Waals surface area contributed by atoms with Crippen LogP contribution >= 0.6 is 31.9 Å². The lowest BCUT2D eigenvalue weighted by Gasteiger charge is -2.16. The smallest absolute Gasteiger partial charge is 0.265 e. The van der Waals surface area contributed by atoms with Gasteiger partial charge in [0, 0.05) is 8.95 Å². The number of benzene rings is 3. The third-order valence-corrected chi connectivity index (χ3v) is 8.52. The van der Waals surface area contributed by atoms with Crippen molar-refractivity contribution in [2.45, 2.75) is 9.79 Å². The number of nitriles is 2. The predicted molar refractivity (Wildman–Crippen MR) is 132 cm³/mol. The van der Waals surface area contributed by atoms with E-state index in [1.54, 1.807) is 12.1 Å². The highest BCUT2D eigenvalue weighted by atomic mass is 79.9. The Morgan fingerprint density at radius 1 is 0.806 bits per heavy atom. The molecule has 0 aliphatic rings. The molecule has 0 saturated carbocycles. The molecule has 186 valence electrons. The van der Waals surface area contributed by atoms with E-state index in [0.717, 1.165) is 37.4 Å². The van der Waals surface area contributed by atoms with Gasteiger partial charge in [-0.05, 0) is 74.3 Å². The van der Waals surface area contributed by atoms with Gasteiger partial charge in [0.2, 0.25) is 0 Å². The molecule has 2 N–H and O–H groups in total. The maximum Gasteiger partial charge on any atom is 0.265 e. The van der Waals surface area contributed by atoms with E-state index in [-0.39, 0.29) is 25.8 Å². The number of nitrogens with one attached hydrogen (secondary N) is 2. The van der Waals surface area contributed by atoms with Crippen molar-refractivity contribution in [1.29, 1.82) is 10.5 Å². The summed E-state index contributed by atoms with van der Waals surface area (Å²) < 4.78 is 89.9. The molecule has 3 aromatic rings. The summed E-state index contributed by atoms with van der Waals surface area (Å²) in [4.78, 5) is -1.25. The lowest BCUT2D eigenvalue weighted by atomic mass is 10.2. The van der Waals surface area contributed by atoms with Gasteiger partial charge in [-0.15, -0.1) is 0 Å². The minimum Gasteiger partial charge on any atom is -0.495 e. The molecule has 9 nitrogen and oxygen atoms in total. The molecule has 0 bridgehead atoms. The minimum absolute atomic E-state index is 0.0626. The van der Waals surface area contributed by atoms with Crippen molar-refractivity contribution in [3.63, 3.8) is 0 Å². The highest BCUT2D eigenvalue weighted by Crippen LogP contribution is 2.34. The van der Waals surface area contributed by atoms with E-state index < -0.39 is 52.8 Å². The monoisotopic (exact) mass is 660 g/mol. The average molecular weight is 662 g/mol. The van der Waals surface area contributed by atoms with E-state index in [1.807, 2.05) is 9.44 Å². The van der Waals surface area contributed by atoms with Gasteiger partial charge in [0.25, 0.3) is 20.0 Å². The second-order valence-electron chi connectivity index (χ2n) is 6.88. The first-order valence-electron chi connectivity index (χ1n) is 9.35. The molecule has 15 heteroatoms. The Morgan fingerprint density at radius 3 is 1.69 bits per heavy atom. The largest absolute Gasteiger partial charge is 0.495 e. The van der Waals surface area contributed by atoms with Gasteiger partial charge in [0.05, 0.1) is 46.6 Å². The zero-order valence-electron chi connectivity index (χ0n) is 17.8. The Kier molecular flexibility index (Phi) is 7.90. The van der Waals surface area contributed by atoms with Gasteiger partial charge < -0.3 is 4.74 Å². The van der Waals surface area contributed by atoms with Gasteiger partial charge in [0.15, 0.2) is 0 Å². The van der Waals surface area contributed by atoms with Crippen LogP contribution in [0.5, 0.6) is 5.75 Å². The third kappa shape index (κ3) is 5.60. The van der Waals surface area contributed by atoms with Crippen LogP contribution in [0.1, 0.15) is 11.1 Å². The van der Waals surface area contributed by atoms with Gasteiger partial charge in [-0.3, -0.25) is 9.44 Å². The van der Waals surface area contributed by atoms with Gasteiger partial charge >= 0.3 is 0 Å². The molecular formula is C21H12Br2F2N4O5S2. The number of sulfonamides is 2. The standard InChI is InChI=1S/C21H12Br2F2N4O5S2/c1-34-18-3-2-13(35(30,31)28-20-14(22)4-11(9-26)6-16(20)24)8-19(18)36(32,33)29-21-15(23)5-12(10-27)7-17(21)25/h2-8,28-29H,1H3. The first-order chi connectivity index (χ1) is 16.8. The fourth-order valence-electron chi connectivity index (χ4n) is 2.89. The molecule has 0 aliphatic carbocycles. The number of methoxy groups -OCH3 is 1. The molecule has 3 aromatic carbocycles. The summed E-state index contributed by atoms with van der Waals surface area (Å²) in [5.74, 6) is -2.37. The van der Waals surface area contributed by atoms with Crippen molar-refractivity contribution >= 4 is 63.3 Å². The van der Waals surface area contributed by atoms with Crippen LogP contribution in [0.25, 0.3) is 0 Å². The van der Waals surface area contributed by atoms with E-state index >= 15 is 0 Å². The molecule has 0 atom stereocenters. The second kappa shape index (κ2) is 10.4. The van der Waals surface area contributed by atoms with Crippen LogP contribution in [0.4, 0.5) is 20.2 Å². The van der Waals surface area contributed by atoms with Crippen LogP contribution in [0.2, 0.25) is 0 Å². The van der Waals surface area contributed by atoms with Gasteiger partial charge in [-0.25, -0.2) is 25.6 Å². The quantitative estimate of drug-likeness (QED) is 0.368. The molecule has 0 heterocycles. The molecule has 3 rings (SSSR count). The number of halogens is 4. The normalized spacial score (nSPS) is 11.3. The van der Waals surface area contributed by atoms with Crippen molar-refractivity contribution < 1.29 is 30.4 Å². The highest BCUT2D eigenvalue weighted by Gasteiger charge is 2.27. The first kappa shape index (κ1) is 27.3. The Labute approximate surface area is 221 Å². The maximum atomic E-state index is 14.5. The van der Waals surface area contributed by atoms with E-state index in [4.69, 9.17) is 15.3 Å². The Balaban J connectivity index is 2.07. The lowest BCUT2D eigenvalue weighted by molar-refractivity contribution is 0.402. The Hall–Kier alpha value is -3.24. The van der Waals surface area contributed by atoms with Crippen LogP contribution in [0, 0.1) is 34.3 Å². The van der Waals surface area contributed by atoms with E-state index in [1.165, 1.54) is 12.1 Å². The molecule has 0 saturated heterocycles. The van der Waals surface area contributed by atoms with E-state index in [0.29, 0.717) is 0 Å². The predicted octanol–water partition coefficient (Wildman–Crippen LogP) is 4.84. The van der Waals surface area contributed by atoms with Crippen LogP contribution in [-0.4, -0.2) is 23.9 Å². The molecule has 0 radical (unpaired) electrons. The summed E-state index contributed by atoms with van der Waals surface area (Å²) in [5, 5.41) is 17.9. The van der Waals surface area contributed by atoms with Crippen LogP contribution in [-0.2, 0) is 20.0 Å². The summed E-state index contributed by atoms with van der Waals surface area (Å²) in [6.45, 7) is 0. The van der Waals surface area contributed by atoms with Gasteiger partial charge in [0.1, 0.15) is 22.3 Å². The molecule has 0 aliphatic heterocycles. The number of anilines is 2. The van der Waals surface area contributed by atoms with Crippen LogP contribution in [0.15, 0.2) is 61.2 Å². The fourth-order valence-corrected chi connectivity index (χ4v) is 6.69. The highest BCUT2D eigenvalue weighted by molar-refractivity contribution is 9.11. The minimum atomic E-state index is -4.64. The number of hydrogen-bond donors (Lipinski definition) is 2. The zero-order valence-corrected chi connectivity index (χ0v) is 22.6. The summed E-state index contributed by atoms with van der Waals surface area (Å²) >= 11 is 5.98. The molecule has 0 aromatic heterocycles. The molecule has 0 unspecified atom stereocenters. The fraction of sp³-hybridized carbons (Fsp3) is 0.0476. The van der Waals surface area contributed by atoms with Gasteiger partial charge in [-0.1, -0.05) is 0 Å². The summed E-state index contributed by atoms with van der Waals surface area (Å²) in [7, 11) is -8.05. The number of nitrogens with zero attached hydrogens (tertiary/aromatic N) is 2. The Morgan fingerprint density at radius 2 is 1.28 bits per heavy atom. The molecule has 0 fully saturated rings. The first-order valence-corrected chi connectivity index (χ1v) is 13.9. The number of rotatable bonds is 7. The Bertz CT molecular complexity index is 1640. The SMILES string of the molecule is COc1ccc(S(=O)(=O)Nc2c(F)cc(C#N)cc2Br)cc1S(=O)(=O)Nc1c(F)cc(C#N)cc1Br. The topological polar surface area (TPSA) is 149 Å². The number of hydrogen-bond acceptors (Lipinski definition) is 7. The van der Waals surface area contributed by atoms with Crippen LogP contribution < -0.4 is 14.2 Å². The molecule has 0 spiro atoms. The van der Waals surface area contributed by atoms with E-state index in [9.17, 15) is 25.6 Å². The average Bonchev–Trinajstić information content (AvgIpc) is 2.82. The molecular weight excluding hydrogens is 650 g/mol. The lowest BCUT2D eigenvalue weighted by Crippen LogP contribution is -2.18. The summed E-state index contributed by atoms with van der Waals surface area (Å²) in [5.41, 5.74) is -1.16. The van der Waals surface area contributed by atoms with Crippen molar-refractivity contribution in [2.75, 3.05) is 16.6 Å². The molecule has 0 amide bonds. The van der Waals surface area contributed by atoms with Crippen molar-refractivity contribution in [2.24, 2.45) is 0 Å². The summed E-state index contributed by atoms with van der Waals surface area (Å²) in [6, 6.07) is 10.3. The van der Waals surface area contributed by atoms with Crippen molar-refractivity contribution in [3.8, 4) is 17.9 Å². The van der Waals surface area contributed by atoms with Gasteiger partial charge in [-0.2, -0.15) is 10.5 Å². The second-order valence-corrected chi connectivity index (χ2v) is 11.9. The summed E-state index contributed by atoms with van der Waals surface area (Å²) in [6.07, 6.45) is 0. The molecule has 36 heavy (non-hydrogen) atoms. The van der Waals surface area contributed by atoms with Crippen molar-refractivity contribution in [1.82, 2.24) is 0 Å². The van der Waals surface area contributed by atoms with Crippen LogP contribution in [0.3, 0.4) is 0 Å².